The van der Waals surface area contributed by atoms with Crippen molar-refractivity contribution in [3.8, 4) is 0 Å². The monoisotopic (exact) mass is 215 g/mol. The molecule has 4 nitrogen and oxygen atoms in total. The molecule has 1 heterocycles. The normalized spacial score (nSPS) is 28.1. The molecule has 0 aromatic heterocycles. The molecule has 1 fully saturated rings. The second-order valence-electron chi connectivity index (χ2n) is 4.99. The zero-order valence-corrected chi connectivity index (χ0v) is 9.99. The van der Waals surface area contributed by atoms with Crippen molar-refractivity contribution in [2.24, 2.45) is 5.92 Å². The molecule has 0 spiro atoms. The van der Waals surface area contributed by atoms with Gasteiger partial charge < -0.3 is 9.84 Å². The molecule has 1 saturated heterocycles. The van der Waals surface area contributed by atoms with Crippen LogP contribution in [0, 0.1) is 5.92 Å². The van der Waals surface area contributed by atoms with Gasteiger partial charge in [-0.1, -0.05) is 0 Å². The summed E-state index contributed by atoms with van der Waals surface area (Å²) in [7, 11) is 0. The fraction of sp³-hybridized carbons (Fsp3) is 0.909. The molecule has 0 aliphatic carbocycles. The van der Waals surface area contributed by atoms with Gasteiger partial charge in [0, 0.05) is 18.5 Å². The summed E-state index contributed by atoms with van der Waals surface area (Å²) < 4.78 is 4.96. The first-order chi connectivity index (χ1) is 6.86. The summed E-state index contributed by atoms with van der Waals surface area (Å²) in [5.74, 6) is -0.373. The summed E-state index contributed by atoms with van der Waals surface area (Å²) in [6.45, 7) is 8.88. The number of hydrogen-bond acceptors (Lipinski definition) is 4. The number of ether oxygens (including phenoxy) is 1. The molecule has 0 aromatic rings. The van der Waals surface area contributed by atoms with Crippen molar-refractivity contribution in [1.82, 2.24) is 4.90 Å². The molecule has 0 radical (unpaired) electrons. The highest BCUT2D eigenvalue weighted by molar-refractivity contribution is 5.73. The Labute approximate surface area is 91.2 Å². The molecule has 0 aromatic carbocycles. The second kappa shape index (κ2) is 4.49. The Balaban J connectivity index is 2.60. The van der Waals surface area contributed by atoms with Crippen LogP contribution in [0.1, 0.15) is 34.1 Å². The highest BCUT2D eigenvalue weighted by Crippen LogP contribution is 2.29. The Morgan fingerprint density at radius 3 is 2.53 bits per heavy atom. The molecule has 0 saturated carbocycles. The zero-order chi connectivity index (χ0) is 11.6. The van der Waals surface area contributed by atoms with E-state index in [-0.39, 0.29) is 17.4 Å². The van der Waals surface area contributed by atoms with Crippen molar-refractivity contribution in [2.45, 2.75) is 45.9 Å². The van der Waals surface area contributed by atoms with Crippen molar-refractivity contribution in [1.29, 1.82) is 0 Å². The Hall–Kier alpha value is -0.610. The van der Waals surface area contributed by atoms with Crippen LogP contribution in [-0.4, -0.2) is 40.9 Å². The van der Waals surface area contributed by atoms with E-state index < -0.39 is 6.23 Å². The number of nitrogens with zero attached hydrogens (tertiary/aromatic N) is 1. The summed E-state index contributed by atoms with van der Waals surface area (Å²) in [6, 6.07) is 0. The minimum atomic E-state index is -0.528. The van der Waals surface area contributed by atoms with Crippen LogP contribution in [0.3, 0.4) is 0 Å². The van der Waals surface area contributed by atoms with Crippen LogP contribution < -0.4 is 0 Å². The predicted molar refractivity (Wildman–Crippen MR) is 57.2 cm³/mol. The first-order valence-corrected chi connectivity index (χ1v) is 5.47. The van der Waals surface area contributed by atoms with Crippen LogP contribution in [0.5, 0.6) is 0 Å². The zero-order valence-electron chi connectivity index (χ0n) is 9.99. The first-order valence-electron chi connectivity index (χ1n) is 5.47. The van der Waals surface area contributed by atoms with Gasteiger partial charge in [-0.3, -0.25) is 9.69 Å². The molecular weight excluding hydrogens is 194 g/mol. The molecule has 88 valence electrons. The fourth-order valence-electron chi connectivity index (χ4n) is 1.97. The second-order valence-corrected chi connectivity index (χ2v) is 4.99. The van der Waals surface area contributed by atoms with Gasteiger partial charge in [0.05, 0.1) is 12.5 Å². The van der Waals surface area contributed by atoms with E-state index in [4.69, 9.17) is 4.74 Å². The molecule has 0 bridgehead atoms. The van der Waals surface area contributed by atoms with E-state index in [1.807, 2.05) is 25.7 Å². The Morgan fingerprint density at radius 2 is 2.13 bits per heavy atom. The number of aliphatic hydroxyl groups is 1. The quantitative estimate of drug-likeness (QED) is 0.698. The third kappa shape index (κ3) is 2.92. The highest BCUT2D eigenvalue weighted by Gasteiger charge is 2.40. The maximum absolute atomic E-state index is 11.5. The van der Waals surface area contributed by atoms with Gasteiger partial charge in [0.25, 0.3) is 0 Å². The van der Waals surface area contributed by atoms with E-state index in [0.717, 1.165) is 0 Å². The molecule has 1 aliphatic rings. The maximum Gasteiger partial charge on any atom is 0.310 e. The Morgan fingerprint density at radius 1 is 1.53 bits per heavy atom. The van der Waals surface area contributed by atoms with Gasteiger partial charge in [-0.15, -0.1) is 0 Å². The van der Waals surface area contributed by atoms with Gasteiger partial charge in [0.15, 0.2) is 0 Å². The van der Waals surface area contributed by atoms with Gasteiger partial charge in [-0.2, -0.15) is 0 Å². The number of hydrogen-bond donors (Lipinski definition) is 1. The average molecular weight is 215 g/mol. The van der Waals surface area contributed by atoms with Gasteiger partial charge >= 0.3 is 5.97 Å². The Bertz CT molecular complexity index is 234. The molecule has 1 aliphatic heterocycles. The lowest BCUT2D eigenvalue weighted by atomic mass is 10.1. The number of rotatable bonds is 2. The maximum atomic E-state index is 11.5. The summed E-state index contributed by atoms with van der Waals surface area (Å²) in [4.78, 5) is 13.4. The number of carbonyl (C=O) groups excluding carboxylic acids is 1. The number of likely N-dealkylation sites (tertiary alicyclic amines) is 1. The molecule has 15 heavy (non-hydrogen) atoms. The topological polar surface area (TPSA) is 49.8 Å². The molecule has 4 heteroatoms. The van der Waals surface area contributed by atoms with Gasteiger partial charge in [-0.25, -0.2) is 0 Å². The van der Waals surface area contributed by atoms with E-state index in [9.17, 15) is 9.90 Å². The molecule has 1 N–H and O–H groups in total. The van der Waals surface area contributed by atoms with Crippen molar-refractivity contribution >= 4 is 5.97 Å². The smallest absolute Gasteiger partial charge is 0.310 e. The van der Waals surface area contributed by atoms with Gasteiger partial charge in [0.1, 0.15) is 6.23 Å². The van der Waals surface area contributed by atoms with Crippen molar-refractivity contribution < 1.29 is 14.6 Å². The highest BCUT2D eigenvalue weighted by atomic mass is 16.5. The van der Waals surface area contributed by atoms with Crippen LogP contribution in [0.4, 0.5) is 0 Å². The third-order valence-corrected chi connectivity index (χ3v) is 2.75. The van der Waals surface area contributed by atoms with Crippen molar-refractivity contribution in [2.75, 3.05) is 13.2 Å². The Kier molecular flexibility index (Phi) is 3.73. The lowest BCUT2D eigenvalue weighted by Gasteiger charge is -2.34. The van der Waals surface area contributed by atoms with Gasteiger partial charge in [0.2, 0.25) is 0 Å². The summed E-state index contributed by atoms with van der Waals surface area (Å²) in [5.41, 5.74) is -0.110. The summed E-state index contributed by atoms with van der Waals surface area (Å²) in [5, 5.41) is 9.83. The minimum Gasteiger partial charge on any atom is -0.466 e. The lowest BCUT2D eigenvalue weighted by molar-refractivity contribution is -0.147. The average Bonchev–Trinajstić information content (AvgIpc) is 2.47. The van der Waals surface area contributed by atoms with Gasteiger partial charge in [-0.05, 0) is 27.7 Å². The standard InChI is InChI=1S/C11H21NO3/c1-5-15-10(14)8-6-9(13)12(7-8)11(2,3)4/h8-9,13H,5-7H2,1-4H3. The fourth-order valence-corrected chi connectivity index (χ4v) is 1.97. The van der Waals surface area contributed by atoms with E-state index in [1.54, 1.807) is 6.92 Å². The SMILES string of the molecule is CCOC(=O)C1CC(O)N(C(C)(C)C)C1. The molecule has 2 unspecified atom stereocenters. The number of aliphatic hydroxyl groups excluding tert-OH is 1. The summed E-state index contributed by atoms with van der Waals surface area (Å²) in [6.07, 6.45) is -0.0461. The third-order valence-electron chi connectivity index (χ3n) is 2.75. The van der Waals surface area contributed by atoms with Crippen LogP contribution in [0.15, 0.2) is 0 Å². The van der Waals surface area contributed by atoms with E-state index in [2.05, 4.69) is 0 Å². The largest absolute Gasteiger partial charge is 0.466 e. The lowest BCUT2D eigenvalue weighted by Crippen LogP contribution is -2.44. The summed E-state index contributed by atoms with van der Waals surface area (Å²) >= 11 is 0. The number of carbonyl (C=O) groups is 1. The molecule has 0 amide bonds. The molecular formula is C11H21NO3. The molecule has 2 atom stereocenters. The van der Waals surface area contributed by atoms with Crippen LogP contribution in [-0.2, 0) is 9.53 Å². The van der Waals surface area contributed by atoms with E-state index in [1.165, 1.54) is 0 Å². The number of esters is 1. The van der Waals surface area contributed by atoms with E-state index in [0.29, 0.717) is 19.6 Å². The minimum absolute atomic E-state index is 0.110. The van der Waals surface area contributed by atoms with Crippen LogP contribution in [0.2, 0.25) is 0 Å². The van der Waals surface area contributed by atoms with Crippen molar-refractivity contribution in [3.05, 3.63) is 0 Å². The molecule has 1 rings (SSSR count). The van der Waals surface area contributed by atoms with E-state index >= 15 is 0 Å². The predicted octanol–water partition coefficient (Wildman–Crippen LogP) is 0.988. The van der Waals surface area contributed by atoms with Crippen LogP contribution in [0.25, 0.3) is 0 Å². The van der Waals surface area contributed by atoms with Crippen molar-refractivity contribution in [3.63, 3.8) is 0 Å². The van der Waals surface area contributed by atoms with Crippen LogP contribution >= 0.6 is 0 Å². The first kappa shape index (κ1) is 12.5.